The quantitative estimate of drug-likeness (QED) is 0.388. The molecule has 3 aliphatic carbocycles. The van der Waals surface area contributed by atoms with Gasteiger partial charge in [0, 0.05) is 32.4 Å². The lowest BCUT2D eigenvalue weighted by molar-refractivity contribution is -0.143. The van der Waals surface area contributed by atoms with Crippen LogP contribution in [0.3, 0.4) is 0 Å². The van der Waals surface area contributed by atoms with Gasteiger partial charge in [-0.05, 0) is 79.9 Å². The van der Waals surface area contributed by atoms with Crippen molar-refractivity contribution in [2.45, 2.75) is 126 Å². The average molecular weight is 709 g/mol. The standard InChI is InChI=1S/C37H48N4O8S/c1-2-26-18-37(26,35(45)39-50(47,48)28-15-16-28)19-31(42)30-17-27-21-41(30)34(44)33(24-10-6-7-11-24)38-32(43)14-5-3-4-9-23-12-8-13-25-20-40(22-29(23)25)36(46)49-27/h2,8,12-13,24,26-28,30,33H,1,3-7,9-11,14-22H2,(H,38,43)(H,39,45)/t26-,27-,30+,33+,37-/m1/s1. The molecule has 3 saturated carbocycles. The number of hydrogen-bond donors (Lipinski definition) is 2. The van der Waals surface area contributed by atoms with Gasteiger partial charge in [-0.25, -0.2) is 13.2 Å². The number of aryl methyl sites for hydroxylation is 1. The van der Waals surface area contributed by atoms with Crippen molar-refractivity contribution in [2.24, 2.45) is 17.3 Å². The van der Waals surface area contributed by atoms with Crippen LogP contribution in [0.4, 0.5) is 4.79 Å². The third-order valence-electron chi connectivity index (χ3n) is 11.9. The van der Waals surface area contributed by atoms with E-state index in [1.807, 2.05) is 12.1 Å². The number of carbonyl (C=O) groups excluding carboxylic acids is 5. The maximum Gasteiger partial charge on any atom is 0.410 e. The first-order valence-corrected chi connectivity index (χ1v) is 19.9. The van der Waals surface area contributed by atoms with Crippen LogP contribution in [-0.4, -0.2) is 77.8 Å². The highest BCUT2D eigenvalue weighted by Gasteiger charge is 2.61. The molecule has 6 aliphatic rings. The summed E-state index contributed by atoms with van der Waals surface area (Å²) >= 11 is 0. The van der Waals surface area contributed by atoms with Crippen molar-refractivity contribution in [1.29, 1.82) is 0 Å². The number of amides is 4. The maximum atomic E-state index is 14.5. The number of rotatable bonds is 8. The predicted molar refractivity (Wildman–Crippen MR) is 183 cm³/mol. The van der Waals surface area contributed by atoms with Gasteiger partial charge in [-0.2, -0.15) is 0 Å². The van der Waals surface area contributed by atoms with Gasteiger partial charge in [0.2, 0.25) is 27.7 Å². The highest BCUT2D eigenvalue weighted by atomic mass is 32.2. The van der Waals surface area contributed by atoms with Crippen molar-refractivity contribution in [3.05, 3.63) is 47.5 Å². The lowest BCUT2D eigenvalue weighted by Gasteiger charge is -2.32. The Labute approximate surface area is 293 Å². The molecule has 50 heavy (non-hydrogen) atoms. The van der Waals surface area contributed by atoms with E-state index in [9.17, 15) is 32.4 Å². The van der Waals surface area contributed by atoms with Crippen molar-refractivity contribution in [3.8, 4) is 0 Å². The van der Waals surface area contributed by atoms with Gasteiger partial charge >= 0.3 is 6.09 Å². The molecule has 0 aromatic heterocycles. The molecule has 0 unspecified atom stereocenters. The molecule has 5 atom stereocenters. The predicted octanol–water partition coefficient (Wildman–Crippen LogP) is 3.66. The van der Waals surface area contributed by atoms with Crippen LogP contribution in [0.2, 0.25) is 0 Å². The molecule has 1 aromatic carbocycles. The Bertz CT molecular complexity index is 1690. The molecule has 1 aromatic rings. The molecule has 3 aliphatic heterocycles. The van der Waals surface area contributed by atoms with Gasteiger partial charge < -0.3 is 15.0 Å². The number of allylic oxidation sites excluding steroid dienone is 1. The van der Waals surface area contributed by atoms with Crippen LogP contribution in [0.5, 0.6) is 0 Å². The van der Waals surface area contributed by atoms with E-state index in [-0.39, 0.29) is 43.5 Å². The molecule has 4 fully saturated rings. The Morgan fingerprint density at radius 2 is 1.74 bits per heavy atom. The summed E-state index contributed by atoms with van der Waals surface area (Å²) in [6.07, 6.45) is 8.28. The van der Waals surface area contributed by atoms with Crippen molar-refractivity contribution < 1.29 is 37.1 Å². The van der Waals surface area contributed by atoms with E-state index in [1.165, 1.54) is 10.5 Å². The van der Waals surface area contributed by atoms with E-state index < -0.39 is 62.6 Å². The zero-order valence-corrected chi connectivity index (χ0v) is 29.4. The smallest absolute Gasteiger partial charge is 0.410 e. The zero-order chi connectivity index (χ0) is 35.2. The Morgan fingerprint density at radius 3 is 2.46 bits per heavy atom. The normalized spacial score (nSPS) is 30.7. The first kappa shape index (κ1) is 34.7. The van der Waals surface area contributed by atoms with E-state index in [0.717, 1.165) is 56.1 Å². The molecule has 270 valence electrons. The van der Waals surface area contributed by atoms with Gasteiger partial charge in [0.15, 0.2) is 5.78 Å². The minimum absolute atomic E-state index is 0.0216. The van der Waals surface area contributed by atoms with Crippen LogP contribution in [0.25, 0.3) is 0 Å². The summed E-state index contributed by atoms with van der Waals surface area (Å²) in [6.45, 7) is 4.61. The number of ether oxygens (including phenoxy) is 1. The van der Waals surface area contributed by atoms with Crippen molar-refractivity contribution in [2.75, 3.05) is 6.54 Å². The van der Waals surface area contributed by atoms with Crippen LogP contribution in [0.15, 0.2) is 30.9 Å². The summed E-state index contributed by atoms with van der Waals surface area (Å²) in [5.74, 6) is -2.18. The lowest BCUT2D eigenvalue weighted by atomic mass is 9.91. The van der Waals surface area contributed by atoms with E-state index in [0.29, 0.717) is 38.8 Å². The first-order chi connectivity index (χ1) is 24.0. The number of fused-ring (bicyclic) bond motifs is 3. The van der Waals surface area contributed by atoms with E-state index in [4.69, 9.17) is 4.74 Å². The second-order valence-electron chi connectivity index (χ2n) is 15.3. The van der Waals surface area contributed by atoms with E-state index in [1.54, 1.807) is 11.0 Å². The minimum atomic E-state index is -3.84. The number of Topliss-reactive ketones (excluding diaryl/α,β-unsaturated/α-hetero) is 1. The number of nitrogens with one attached hydrogen (secondary N) is 2. The van der Waals surface area contributed by atoms with Crippen LogP contribution in [-0.2, 0) is 53.4 Å². The summed E-state index contributed by atoms with van der Waals surface area (Å²) in [4.78, 5) is 72.2. The zero-order valence-electron chi connectivity index (χ0n) is 28.6. The SMILES string of the molecule is C=C[C@@H]1C[C@]1(CC(=O)[C@@H]1C[C@@H]2CN1C(=O)[C@H](C1CCCC1)NC(=O)CCCCCc1cccc3c1CN(C3)C(=O)O2)C(=O)NS(=O)(=O)C1CC1. The highest BCUT2D eigenvalue weighted by Crippen LogP contribution is 2.57. The summed E-state index contributed by atoms with van der Waals surface area (Å²) in [5.41, 5.74) is 2.09. The van der Waals surface area contributed by atoms with Crippen LogP contribution in [0.1, 0.15) is 100 Å². The molecule has 4 bridgehead atoms. The molecule has 0 radical (unpaired) electrons. The molecule has 3 heterocycles. The molecule has 12 nitrogen and oxygen atoms in total. The monoisotopic (exact) mass is 708 g/mol. The molecular formula is C37H48N4O8S. The molecule has 4 amide bonds. The molecule has 7 rings (SSSR count). The van der Waals surface area contributed by atoms with Gasteiger partial charge in [-0.1, -0.05) is 43.5 Å². The summed E-state index contributed by atoms with van der Waals surface area (Å²) < 4.78 is 33.6. The Morgan fingerprint density at radius 1 is 1.00 bits per heavy atom. The summed E-state index contributed by atoms with van der Waals surface area (Å²) in [5, 5.41) is 2.43. The van der Waals surface area contributed by atoms with E-state index >= 15 is 0 Å². The Kier molecular flexibility index (Phi) is 9.55. The largest absolute Gasteiger partial charge is 0.444 e. The topological polar surface area (TPSA) is 159 Å². The van der Waals surface area contributed by atoms with Crippen molar-refractivity contribution in [3.63, 3.8) is 0 Å². The number of nitrogens with zero attached hydrogens (tertiary/aromatic N) is 2. The third kappa shape index (κ3) is 6.94. The van der Waals surface area contributed by atoms with Gasteiger partial charge in [0.25, 0.3) is 0 Å². The number of benzene rings is 1. The van der Waals surface area contributed by atoms with Gasteiger partial charge in [-0.15, -0.1) is 6.58 Å². The molecular weight excluding hydrogens is 660 g/mol. The van der Waals surface area contributed by atoms with Crippen molar-refractivity contribution >= 4 is 39.6 Å². The highest BCUT2D eigenvalue weighted by molar-refractivity contribution is 7.90. The summed E-state index contributed by atoms with van der Waals surface area (Å²) in [6, 6.07) is 4.28. The third-order valence-corrected chi connectivity index (χ3v) is 13.7. The second kappa shape index (κ2) is 13.8. The second-order valence-corrected chi connectivity index (χ2v) is 17.3. The number of hydrogen-bond acceptors (Lipinski definition) is 8. The van der Waals surface area contributed by atoms with Crippen LogP contribution < -0.4 is 10.0 Å². The summed E-state index contributed by atoms with van der Waals surface area (Å²) in [7, 11) is -3.84. The average Bonchev–Trinajstić information content (AvgIpc) is 3.86. The number of carbonyl (C=O) groups is 5. The molecule has 13 heteroatoms. The minimum Gasteiger partial charge on any atom is -0.444 e. The van der Waals surface area contributed by atoms with Crippen LogP contribution in [0, 0.1) is 17.3 Å². The Hall–Kier alpha value is -3.74. The Balaban J connectivity index is 1.15. The fraction of sp³-hybridized carbons (Fsp3) is 0.649. The first-order valence-electron chi connectivity index (χ1n) is 18.4. The van der Waals surface area contributed by atoms with Crippen molar-refractivity contribution in [1.82, 2.24) is 19.8 Å². The van der Waals surface area contributed by atoms with E-state index in [2.05, 4.69) is 22.7 Å². The number of ketones is 1. The van der Waals surface area contributed by atoms with Gasteiger partial charge in [0.1, 0.15) is 12.1 Å². The molecule has 0 spiro atoms. The molecule has 2 N–H and O–H groups in total. The van der Waals surface area contributed by atoms with Gasteiger partial charge in [-0.3, -0.25) is 28.8 Å². The van der Waals surface area contributed by atoms with Crippen LogP contribution >= 0.6 is 0 Å². The lowest BCUT2D eigenvalue weighted by Crippen LogP contribution is -2.54. The van der Waals surface area contributed by atoms with Gasteiger partial charge in [0.05, 0.1) is 23.3 Å². The number of sulfonamides is 1. The maximum absolute atomic E-state index is 14.5. The fourth-order valence-corrected chi connectivity index (χ4v) is 10.1. The molecule has 1 saturated heterocycles. The fourth-order valence-electron chi connectivity index (χ4n) is 8.69.